The Balaban J connectivity index is 1.76. The SMILES string of the molecule is Cc1cc(C(=O)NCc2ccco2)nc(Nc2cc(Cl)cc(Cl)c2)n1. The van der Waals surface area contributed by atoms with Crippen LogP contribution in [0.3, 0.4) is 0 Å². The molecule has 0 aliphatic rings. The van der Waals surface area contributed by atoms with Crippen molar-refractivity contribution in [2.24, 2.45) is 0 Å². The summed E-state index contributed by atoms with van der Waals surface area (Å²) in [6.45, 7) is 2.06. The summed E-state index contributed by atoms with van der Waals surface area (Å²) in [4.78, 5) is 20.8. The number of aromatic nitrogens is 2. The van der Waals surface area contributed by atoms with Gasteiger partial charge in [0.25, 0.3) is 5.91 Å². The van der Waals surface area contributed by atoms with Gasteiger partial charge in [-0.2, -0.15) is 0 Å². The van der Waals surface area contributed by atoms with E-state index in [0.29, 0.717) is 27.2 Å². The van der Waals surface area contributed by atoms with E-state index < -0.39 is 0 Å². The number of carbonyl (C=O) groups is 1. The highest BCUT2D eigenvalue weighted by atomic mass is 35.5. The molecular weight excluding hydrogens is 363 g/mol. The zero-order chi connectivity index (χ0) is 17.8. The molecule has 3 aromatic rings. The molecule has 1 aromatic carbocycles. The molecule has 8 heteroatoms. The van der Waals surface area contributed by atoms with Crippen LogP contribution in [0.25, 0.3) is 0 Å². The van der Waals surface area contributed by atoms with Gasteiger partial charge < -0.3 is 15.1 Å². The number of nitrogens with one attached hydrogen (secondary N) is 2. The molecular formula is C17H14Cl2N4O2. The van der Waals surface area contributed by atoms with Crippen molar-refractivity contribution in [2.75, 3.05) is 5.32 Å². The molecule has 2 aromatic heterocycles. The van der Waals surface area contributed by atoms with Crippen LogP contribution in [0.5, 0.6) is 0 Å². The smallest absolute Gasteiger partial charge is 0.270 e. The standard InChI is InChI=1S/C17H14Cl2N4O2/c1-10-5-15(16(24)20-9-14-3-2-4-25-14)23-17(21-10)22-13-7-11(18)6-12(19)8-13/h2-8H,9H2,1H3,(H,20,24)(H,21,22,23). The molecule has 128 valence electrons. The average Bonchev–Trinajstić information content (AvgIpc) is 3.04. The first-order valence-electron chi connectivity index (χ1n) is 7.39. The molecule has 0 radical (unpaired) electrons. The highest BCUT2D eigenvalue weighted by Crippen LogP contribution is 2.24. The number of benzene rings is 1. The summed E-state index contributed by atoms with van der Waals surface area (Å²) in [7, 11) is 0. The molecule has 3 rings (SSSR count). The number of hydrogen-bond acceptors (Lipinski definition) is 5. The van der Waals surface area contributed by atoms with Crippen molar-refractivity contribution >= 4 is 40.7 Å². The molecule has 0 bridgehead atoms. The van der Waals surface area contributed by atoms with E-state index in [1.807, 2.05) is 0 Å². The van der Waals surface area contributed by atoms with E-state index in [2.05, 4.69) is 20.6 Å². The maximum absolute atomic E-state index is 12.3. The number of halogens is 2. The molecule has 0 saturated heterocycles. The van der Waals surface area contributed by atoms with Gasteiger partial charge >= 0.3 is 0 Å². The first-order valence-corrected chi connectivity index (χ1v) is 8.14. The number of aryl methyl sites for hydroxylation is 1. The summed E-state index contributed by atoms with van der Waals surface area (Å²) in [5, 5.41) is 6.72. The molecule has 6 nitrogen and oxygen atoms in total. The van der Waals surface area contributed by atoms with E-state index in [4.69, 9.17) is 27.6 Å². The van der Waals surface area contributed by atoms with E-state index in [0.717, 1.165) is 0 Å². The lowest BCUT2D eigenvalue weighted by Gasteiger charge is -2.09. The second-order valence-electron chi connectivity index (χ2n) is 5.26. The van der Waals surface area contributed by atoms with Crippen LogP contribution in [0.15, 0.2) is 47.1 Å². The lowest BCUT2D eigenvalue weighted by Crippen LogP contribution is -2.24. The lowest BCUT2D eigenvalue weighted by atomic mass is 10.3. The van der Waals surface area contributed by atoms with Crippen LogP contribution < -0.4 is 10.6 Å². The maximum atomic E-state index is 12.3. The molecule has 0 fully saturated rings. The van der Waals surface area contributed by atoms with Crippen molar-refractivity contribution in [3.8, 4) is 0 Å². The van der Waals surface area contributed by atoms with Gasteiger partial charge in [-0.1, -0.05) is 23.2 Å². The summed E-state index contributed by atoms with van der Waals surface area (Å²) in [6, 6.07) is 10.1. The van der Waals surface area contributed by atoms with Gasteiger partial charge in [-0.15, -0.1) is 0 Å². The largest absolute Gasteiger partial charge is 0.467 e. The van der Waals surface area contributed by atoms with Gasteiger partial charge in [-0.3, -0.25) is 4.79 Å². The van der Waals surface area contributed by atoms with E-state index in [1.54, 1.807) is 49.6 Å². The third-order valence-electron chi connectivity index (χ3n) is 3.21. The van der Waals surface area contributed by atoms with Crippen LogP contribution in [-0.2, 0) is 6.54 Å². The minimum Gasteiger partial charge on any atom is -0.467 e. The number of anilines is 2. The minimum absolute atomic E-state index is 0.245. The Morgan fingerprint density at radius 1 is 1.16 bits per heavy atom. The summed E-state index contributed by atoms with van der Waals surface area (Å²) in [5.41, 5.74) is 1.52. The molecule has 2 heterocycles. The Morgan fingerprint density at radius 3 is 2.60 bits per heavy atom. The minimum atomic E-state index is -0.325. The molecule has 0 aliphatic carbocycles. The van der Waals surface area contributed by atoms with Crippen LogP contribution in [0.2, 0.25) is 10.0 Å². The third kappa shape index (κ3) is 4.71. The van der Waals surface area contributed by atoms with Gasteiger partial charge in [0.1, 0.15) is 11.5 Å². The van der Waals surface area contributed by atoms with Crippen molar-refractivity contribution in [1.29, 1.82) is 0 Å². The monoisotopic (exact) mass is 376 g/mol. The quantitative estimate of drug-likeness (QED) is 0.691. The predicted molar refractivity (Wildman–Crippen MR) is 96.4 cm³/mol. The van der Waals surface area contributed by atoms with Crippen molar-refractivity contribution < 1.29 is 9.21 Å². The van der Waals surface area contributed by atoms with Gasteiger partial charge in [-0.25, -0.2) is 9.97 Å². The van der Waals surface area contributed by atoms with Crippen LogP contribution in [-0.4, -0.2) is 15.9 Å². The van der Waals surface area contributed by atoms with E-state index in [1.165, 1.54) is 0 Å². The third-order valence-corrected chi connectivity index (χ3v) is 3.65. The Bertz CT molecular complexity index is 877. The van der Waals surface area contributed by atoms with Crippen LogP contribution in [0, 0.1) is 6.92 Å². The molecule has 0 spiro atoms. The fraction of sp³-hybridized carbons (Fsp3) is 0.118. The van der Waals surface area contributed by atoms with E-state index >= 15 is 0 Å². The van der Waals surface area contributed by atoms with E-state index in [9.17, 15) is 4.79 Å². The van der Waals surface area contributed by atoms with E-state index in [-0.39, 0.29) is 24.1 Å². The molecule has 0 atom stereocenters. The van der Waals surface area contributed by atoms with Gasteiger partial charge in [0, 0.05) is 21.4 Å². The Kier molecular flexibility index (Phi) is 5.21. The number of nitrogens with zero attached hydrogens (tertiary/aromatic N) is 2. The molecule has 0 unspecified atom stereocenters. The predicted octanol–water partition coefficient (Wildman–Crippen LogP) is 4.36. The molecule has 0 aliphatic heterocycles. The van der Waals surface area contributed by atoms with Crippen molar-refractivity contribution in [2.45, 2.75) is 13.5 Å². The summed E-state index contributed by atoms with van der Waals surface area (Å²) in [5.74, 6) is 0.613. The molecule has 25 heavy (non-hydrogen) atoms. The lowest BCUT2D eigenvalue weighted by molar-refractivity contribution is 0.0943. The summed E-state index contributed by atoms with van der Waals surface area (Å²) < 4.78 is 5.18. The Hall–Kier alpha value is -2.57. The normalized spacial score (nSPS) is 10.5. The van der Waals surface area contributed by atoms with Gasteiger partial charge in [0.2, 0.25) is 5.95 Å². The van der Waals surface area contributed by atoms with Crippen molar-refractivity contribution in [3.63, 3.8) is 0 Å². The first kappa shape index (κ1) is 17.3. The zero-order valence-electron chi connectivity index (χ0n) is 13.2. The molecule has 2 N–H and O–H groups in total. The van der Waals surface area contributed by atoms with Gasteiger partial charge in [0.15, 0.2) is 0 Å². The fourth-order valence-corrected chi connectivity index (χ4v) is 2.69. The topological polar surface area (TPSA) is 80.0 Å². The summed E-state index contributed by atoms with van der Waals surface area (Å²) in [6.07, 6.45) is 1.55. The van der Waals surface area contributed by atoms with Crippen molar-refractivity contribution in [3.05, 3.63) is 69.9 Å². The molecule has 0 saturated carbocycles. The average molecular weight is 377 g/mol. The highest BCUT2D eigenvalue weighted by molar-refractivity contribution is 6.35. The first-order chi connectivity index (χ1) is 12.0. The second-order valence-corrected chi connectivity index (χ2v) is 6.14. The highest BCUT2D eigenvalue weighted by Gasteiger charge is 2.11. The van der Waals surface area contributed by atoms with Gasteiger partial charge in [-0.05, 0) is 43.3 Å². The fourth-order valence-electron chi connectivity index (χ4n) is 2.17. The number of hydrogen-bond donors (Lipinski definition) is 2. The van der Waals surface area contributed by atoms with Crippen molar-refractivity contribution in [1.82, 2.24) is 15.3 Å². The number of carbonyl (C=O) groups excluding carboxylic acids is 1. The maximum Gasteiger partial charge on any atom is 0.270 e. The number of amides is 1. The number of furan rings is 1. The Morgan fingerprint density at radius 2 is 1.92 bits per heavy atom. The zero-order valence-corrected chi connectivity index (χ0v) is 14.7. The van der Waals surface area contributed by atoms with Crippen LogP contribution in [0.4, 0.5) is 11.6 Å². The Labute approximate surface area is 154 Å². The summed E-state index contributed by atoms with van der Waals surface area (Å²) >= 11 is 12.0. The number of rotatable bonds is 5. The molecule has 1 amide bonds. The van der Waals surface area contributed by atoms with Crippen LogP contribution in [0.1, 0.15) is 21.9 Å². The second kappa shape index (κ2) is 7.55. The van der Waals surface area contributed by atoms with Gasteiger partial charge in [0.05, 0.1) is 12.8 Å². The van der Waals surface area contributed by atoms with Crippen LogP contribution >= 0.6 is 23.2 Å².